The van der Waals surface area contributed by atoms with Gasteiger partial charge < -0.3 is 0 Å². The van der Waals surface area contributed by atoms with Crippen molar-refractivity contribution in [3.63, 3.8) is 0 Å². The fourth-order valence-corrected chi connectivity index (χ4v) is 4.31. The molecule has 0 aliphatic carbocycles. The van der Waals surface area contributed by atoms with Gasteiger partial charge in [-0.05, 0) is 30.4 Å². The van der Waals surface area contributed by atoms with E-state index >= 15 is 0 Å². The van der Waals surface area contributed by atoms with E-state index in [1.54, 1.807) is 29.7 Å². The lowest BCUT2D eigenvalue weighted by molar-refractivity contribution is 0.340. The molecule has 1 aliphatic rings. The quantitative estimate of drug-likeness (QED) is 0.857. The normalized spacial score (nSPS) is 22.4. The van der Waals surface area contributed by atoms with E-state index in [2.05, 4.69) is 0 Å². The average molecular weight is 314 g/mol. The molecule has 0 amide bonds. The van der Waals surface area contributed by atoms with E-state index < -0.39 is 10.2 Å². The highest BCUT2D eigenvalue weighted by molar-refractivity contribution is 7.86. The lowest BCUT2D eigenvalue weighted by Gasteiger charge is -2.29. The molecule has 1 aliphatic heterocycles. The molecule has 0 bridgehead atoms. The number of thiophene rings is 1. The van der Waals surface area contributed by atoms with Gasteiger partial charge >= 0.3 is 0 Å². The van der Waals surface area contributed by atoms with Gasteiger partial charge in [0, 0.05) is 31.6 Å². The molecular formula is C14H22N2O2S2. The first-order chi connectivity index (χ1) is 9.51. The molecular weight excluding hydrogens is 292 g/mol. The van der Waals surface area contributed by atoms with Crippen molar-refractivity contribution < 1.29 is 8.42 Å². The Bertz CT molecular complexity index is 536. The minimum atomic E-state index is -3.34. The Balaban J connectivity index is 2.21. The Morgan fingerprint density at radius 1 is 1.35 bits per heavy atom. The summed E-state index contributed by atoms with van der Waals surface area (Å²) < 4.78 is 27.8. The largest absolute Gasteiger partial charge is 0.282 e. The molecule has 20 heavy (non-hydrogen) atoms. The van der Waals surface area contributed by atoms with Crippen LogP contribution in [0.4, 0.5) is 0 Å². The summed E-state index contributed by atoms with van der Waals surface area (Å²) in [5.74, 6) is 0. The molecule has 2 rings (SSSR count). The highest BCUT2D eigenvalue weighted by Crippen LogP contribution is 2.23. The topological polar surface area (TPSA) is 40.6 Å². The molecule has 1 aromatic rings. The molecule has 1 aromatic heterocycles. The van der Waals surface area contributed by atoms with Crippen LogP contribution in [0.3, 0.4) is 0 Å². The van der Waals surface area contributed by atoms with Gasteiger partial charge in [-0.25, -0.2) is 0 Å². The van der Waals surface area contributed by atoms with Crippen molar-refractivity contribution >= 4 is 27.6 Å². The van der Waals surface area contributed by atoms with Crippen molar-refractivity contribution in [1.29, 1.82) is 0 Å². The fourth-order valence-electron chi connectivity index (χ4n) is 2.39. The van der Waals surface area contributed by atoms with Crippen LogP contribution in [0.5, 0.6) is 0 Å². The molecule has 2 heterocycles. The minimum Gasteiger partial charge on any atom is -0.195 e. The highest BCUT2D eigenvalue weighted by atomic mass is 32.2. The third-order valence-corrected chi connectivity index (χ3v) is 6.34. The summed E-state index contributed by atoms with van der Waals surface area (Å²) in [6, 6.07) is 4.01. The monoisotopic (exact) mass is 314 g/mol. The van der Waals surface area contributed by atoms with Crippen molar-refractivity contribution in [3.8, 4) is 0 Å². The molecule has 4 nitrogen and oxygen atoms in total. The van der Waals surface area contributed by atoms with Crippen molar-refractivity contribution in [2.45, 2.75) is 31.7 Å². The van der Waals surface area contributed by atoms with Gasteiger partial charge in [-0.1, -0.05) is 25.0 Å². The zero-order valence-electron chi connectivity index (χ0n) is 12.0. The number of hydrogen-bond acceptors (Lipinski definition) is 3. The van der Waals surface area contributed by atoms with E-state index in [1.165, 1.54) is 4.31 Å². The summed E-state index contributed by atoms with van der Waals surface area (Å²) in [5.41, 5.74) is 0. The fraction of sp³-hybridized carbons (Fsp3) is 0.571. The molecule has 112 valence electrons. The molecule has 0 N–H and O–H groups in total. The summed E-state index contributed by atoms with van der Waals surface area (Å²) >= 11 is 1.67. The molecule has 1 unspecified atom stereocenters. The van der Waals surface area contributed by atoms with Crippen LogP contribution in [0.1, 0.15) is 30.6 Å². The smallest absolute Gasteiger partial charge is 0.195 e. The first-order valence-electron chi connectivity index (χ1n) is 6.93. The van der Waals surface area contributed by atoms with Crippen LogP contribution in [0.2, 0.25) is 0 Å². The van der Waals surface area contributed by atoms with Gasteiger partial charge in [0.1, 0.15) is 0 Å². The Hall–Kier alpha value is -0.690. The second-order valence-electron chi connectivity index (χ2n) is 5.19. The molecule has 1 saturated heterocycles. The maximum Gasteiger partial charge on any atom is 0.282 e. The van der Waals surface area contributed by atoms with Gasteiger partial charge in [0.05, 0.1) is 0 Å². The van der Waals surface area contributed by atoms with Crippen LogP contribution in [-0.2, 0) is 10.2 Å². The van der Waals surface area contributed by atoms with E-state index in [0.717, 1.165) is 30.6 Å². The van der Waals surface area contributed by atoms with E-state index in [-0.39, 0.29) is 6.04 Å². The van der Waals surface area contributed by atoms with Crippen LogP contribution in [0, 0.1) is 0 Å². The van der Waals surface area contributed by atoms with Gasteiger partial charge in [0.25, 0.3) is 10.2 Å². The lowest BCUT2D eigenvalue weighted by atomic mass is 10.1. The van der Waals surface area contributed by atoms with Crippen LogP contribution in [-0.4, -0.2) is 43.7 Å². The Morgan fingerprint density at radius 2 is 2.15 bits per heavy atom. The Kier molecular flexibility index (Phi) is 5.37. The maximum atomic E-state index is 12.4. The predicted octanol–water partition coefficient (Wildman–Crippen LogP) is 2.81. The van der Waals surface area contributed by atoms with E-state index in [1.807, 2.05) is 29.7 Å². The molecule has 0 saturated carbocycles. The van der Waals surface area contributed by atoms with E-state index in [4.69, 9.17) is 0 Å². The lowest BCUT2D eigenvalue weighted by Crippen LogP contribution is -2.45. The molecule has 0 radical (unpaired) electrons. The summed E-state index contributed by atoms with van der Waals surface area (Å²) in [4.78, 5) is 1.16. The van der Waals surface area contributed by atoms with Gasteiger partial charge in [-0.3, -0.25) is 0 Å². The molecule has 0 aromatic carbocycles. The zero-order chi connectivity index (χ0) is 14.6. The zero-order valence-corrected chi connectivity index (χ0v) is 13.7. The van der Waals surface area contributed by atoms with Crippen LogP contribution >= 0.6 is 11.3 Å². The first-order valence-corrected chi connectivity index (χ1v) is 9.20. The van der Waals surface area contributed by atoms with E-state index in [9.17, 15) is 8.42 Å². The van der Waals surface area contributed by atoms with E-state index in [0.29, 0.717) is 6.54 Å². The molecule has 1 fully saturated rings. The number of rotatable bonds is 4. The summed E-state index contributed by atoms with van der Waals surface area (Å²) in [5, 5.41) is 2.03. The molecule has 0 spiro atoms. The maximum absolute atomic E-state index is 12.4. The Morgan fingerprint density at radius 3 is 2.80 bits per heavy atom. The van der Waals surface area contributed by atoms with Crippen molar-refractivity contribution in [2.24, 2.45) is 0 Å². The highest BCUT2D eigenvalue weighted by Gasteiger charge is 2.31. The predicted molar refractivity (Wildman–Crippen MR) is 84.9 cm³/mol. The van der Waals surface area contributed by atoms with Gasteiger partial charge in [0.2, 0.25) is 0 Å². The van der Waals surface area contributed by atoms with Crippen molar-refractivity contribution in [1.82, 2.24) is 8.61 Å². The average Bonchev–Trinajstić information content (AvgIpc) is 2.80. The minimum absolute atomic E-state index is 0.0352. The standard InChI is InChI=1S/C14H22N2O2S2/c1-15(2)20(17,18)16-11-5-3-4-7-13(16)9-10-14-8-6-12-19-14/h6,8-10,12-13H,3-5,7,11H2,1-2H3/b10-9+. The third-order valence-electron chi connectivity index (χ3n) is 3.53. The van der Waals surface area contributed by atoms with Gasteiger partial charge in [-0.15, -0.1) is 11.3 Å². The SMILES string of the molecule is CN(C)S(=O)(=O)N1CCCCCC1/C=C/c1cccs1. The van der Waals surface area contributed by atoms with Crippen molar-refractivity contribution in [2.75, 3.05) is 20.6 Å². The third kappa shape index (κ3) is 3.69. The molecule has 1 atom stereocenters. The second-order valence-corrected chi connectivity index (χ2v) is 8.27. The van der Waals surface area contributed by atoms with Crippen LogP contribution in [0.15, 0.2) is 23.6 Å². The van der Waals surface area contributed by atoms with Gasteiger partial charge in [0.15, 0.2) is 0 Å². The van der Waals surface area contributed by atoms with Gasteiger partial charge in [-0.2, -0.15) is 17.0 Å². The van der Waals surface area contributed by atoms with Crippen molar-refractivity contribution in [3.05, 3.63) is 28.5 Å². The second kappa shape index (κ2) is 6.85. The number of nitrogens with zero attached hydrogens (tertiary/aromatic N) is 2. The first kappa shape index (κ1) is 15.7. The summed E-state index contributed by atoms with van der Waals surface area (Å²) in [6.07, 6.45) is 8.10. The van der Waals surface area contributed by atoms with Crippen LogP contribution < -0.4 is 0 Å². The van der Waals surface area contributed by atoms with Crippen LogP contribution in [0.25, 0.3) is 6.08 Å². The molecule has 6 heteroatoms. The number of hydrogen-bond donors (Lipinski definition) is 0. The Labute approximate surface area is 125 Å². The summed E-state index contributed by atoms with van der Waals surface area (Å²) in [6.45, 7) is 0.611. The summed E-state index contributed by atoms with van der Waals surface area (Å²) in [7, 11) is -0.150.